The molecule has 0 aliphatic carbocycles. The van der Waals surface area contributed by atoms with Crippen molar-refractivity contribution in [3.8, 4) is 0 Å². The van der Waals surface area contributed by atoms with Crippen LogP contribution in [0, 0.1) is 20.8 Å². The number of esters is 1. The van der Waals surface area contributed by atoms with Crippen LogP contribution in [0.25, 0.3) is 0 Å². The Balaban J connectivity index is 1.84. The number of ether oxygens (including phenoxy) is 1. The summed E-state index contributed by atoms with van der Waals surface area (Å²) in [4.78, 5) is 23.6. The summed E-state index contributed by atoms with van der Waals surface area (Å²) in [7, 11) is -3.85. The van der Waals surface area contributed by atoms with Crippen molar-refractivity contribution >= 4 is 27.6 Å². The molecule has 0 bridgehead atoms. The lowest BCUT2D eigenvalue weighted by molar-refractivity contribution is -0.146. The molecule has 7 nitrogen and oxygen atoms in total. The second-order valence-corrected chi connectivity index (χ2v) is 7.90. The van der Waals surface area contributed by atoms with Crippen molar-refractivity contribution in [1.82, 2.24) is 4.72 Å². The van der Waals surface area contributed by atoms with Crippen LogP contribution >= 0.6 is 0 Å². The molecule has 0 unspecified atom stereocenters. The number of sulfonamides is 1. The van der Waals surface area contributed by atoms with Crippen LogP contribution in [-0.4, -0.2) is 33.4 Å². The lowest BCUT2D eigenvalue weighted by Gasteiger charge is -2.10. The van der Waals surface area contributed by atoms with Gasteiger partial charge < -0.3 is 10.1 Å². The van der Waals surface area contributed by atoms with Crippen molar-refractivity contribution < 1.29 is 22.7 Å². The van der Waals surface area contributed by atoms with Crippen LogP contribution in [0.4, 0.5) is 5.69 Å². The fourth-order valence-electron chi connectivity index (χ4n) is 2.26. The Kier molecular flexibility index (Phi) is 6.70. The minimum absolute atomic E-state index is 0.104. The van der Waals surface area contributed by atoms with Crippen LogP contribution in [0.5, 0.6) is 0 Å². The normalized spacial score (nSPS) is 11.1. The van der Waals surface area contributed by atoms with Crippen LogP contribution in [-0.2, 0) is 24.3 Å². The molecule has 0 aromatic heterocycles. The van der Waals surface area contributed by atoms with E-state index in [1.54, 1.807) is 38.1 Å². The summed E-state index contributed by atoms with van der Waals surface area (Å²) in [5.41, 5.74) is 2.99. The molecular formula is C19H22N2O5S. The van der Waals surface area contributed by atoms with Gasteiger partial charge >= 0.3 is 5.97 Å². The van der Waals surface area contributed by atoms with Crippen LogP contribution in [0.2, 0.25) is 0 Å². The maximum Gasteiger partial charge on any atom is 0.321 e. The first-order chi connectivity index (χ1) is 12.7. The van der Waals surface area contributed by atoms with Gasteiger partial charge in [-0.3, -0.25) is 9.59 Å². The zero-order valence-corrected chi connectivity index (χ0v) is 16.2. The van der Waals surface area contributed by atoms with Crippen molar-refractivity contribution in [2.24, 2.45) is 0 Å². The van der Waals surface area contributed by atoms with E-state index in [1.807, 2.05) is 19.1 Å². The lowest BCUT2D eigenvalue weighted by atomic mass is 10.2. The first-order valence-electron chi connectivity index (χ1n) is 8.26. The number of carbonyl (C=O) groups is 2. The Labute approximate surface area is 158 Å². The molecule has 27 heavy (non-hydrogen) atoms. The summed E-state index contributed by atoms with van der Waals surface area (Å²) >= 11 is 0. The largest absolute Gasteiger partial charge is 0.455 e. The van der Waals surface area contributed by atoms with Crippen LogP contribution < -0.4 is 10.0 Å². The molecule has 0 saturated carbocycles. The topological polar surface area (TPSA) is 102 Å². The van der Waals surface area contributed by atoms with Crippen LogP contribution in [0.1, 0.15) is 16.7 Å². The molecule has 0 saturated heterocycles. The quantitative estimate of drug-likeness (QED) is 0.705. The first-order valence-corrected chi connectivity index (χ1v) is 9.75. The highest BCUT2D eigenvalue weighted by atomic mass is 32.2. The van der Waals surface area contributed by atoms with Gasteiger partial charge in [-0.25, -0.2) is 8.42 Å². The van der Waals surface area contributed by atoms with Crippen LogP contribution in [0.3, 0.4) is 0 Å². The number of hydrogen-bond donors (Lipinski definition) is 2. The molecule has 0 spiro atoms. The van der Waals surface area contributed by atoms with Gasteiger partial charge in [0, 0.05) is 5.69 Å². The van der Waals surface area contributed by atoms with Crippen molar-refractivity contribution in [3.05, 3.63) is 59.2 Å². The average Bonchev–Trinajstić information content (AvgIpc) is 2.62. The molecule has 2 aromatic rings. The number of rotatable bonds is 7. The summed E-state index contributed by atoms with van der Waals surface area (Å²) in [6.07, 6.45) is 0. The van der Waals surface area contributed by atoms with Crippen molar-refractivity contribution in [1.29, 1.82) is 0 Å². The molecule has 0 fully saturated rings. The first kappa shape index (κ1) is 20.6. The smallest absolute Gasteiger partial charge is 0.321 e. The standard InChI is InChI=1S/C19H22N2O5S/c1-13-5-8-16(9-6-13)21-18(22)12-26-19(23)11-20-27(24,25)17-10-14(2)4-7-15(17)3/h4-10,20H,11-12H2,1-3H3,(H,21,22). The van der Waals surface area contributed by atoms with E-state index in [2.05, 4.69) is 10.0 Å². The number of anilines is 1. The summed E-state index contributed by atoms with van der Waals surface area (Å²) in [5, 5.41) is 2.58. The highest BCUT2D eigenvalue weighted by molar-refractivity contribution is 7.89. The Morgan fingerprint density at radius 2 is 1.59 bits per heavy atom. The number of carbonyl (C=O) groups excluding carboxylic acids is 2. The van der Waals surface area contributed by atoms with E-state index in [9.17, 15) is 18.0 Å². The molecule has 0 radical (unpaired) electrons. The van der Waals surface area contributed by atoms with E-state index >= 15 is 0 Å². The molecule has 0 heterocycles. The van der Waals surface area contributed by atoms with Gasteiger partial charge in [0.2, 0.25) is 10.0 Å². The fourth-order valence-corrected chi connectivity index (χ4v) is 3.56. The van der Waals surface area contributed by atoms with Gasteiger partial charge in [0.1, 0.15) is 6.54 Å². The Morgan fingerprint density at radius 3 is 2.26 bits per heavy atom. The molecule has 0 aliphatic rings. The maximum absolute atomic E-state index is 12.3. The summed E-state index contributed by atoms with van der Waals surface area (Å²) in [6, 6.07) is 12.2. The molecule has 0 aliphatic heterocycles. The molecule has 8 heteroatoms. The monoisotopic (exact) mass is 390 g/mol. The Morgan fingerprint density at radius 1 is 0.963 bits per heavy atom. The highest BCUT2D eigenvalue weighted by Crippen LogP contribution is 2.16. The molecular weight excluding hydrogens is 368 g/mol. The molecule has 0 atom stereocenters. The van der Waals surface area contributed by atoms with E-state index in [0.29, 0.717) is 11.3 Å². The van der Waals surface area contributed by atoms with Gasteiger partial charge in [-0.15, -0.1) is 0 Å². The van der Waals surface area contributed by atoms with Crippen molar-refractivity contribution in [3.63, 3.8) is 0 Å². The third-order valence-corrected chi connectivity index (χ3v) is 5.28. The summed E-state index contributed by atoms with van der Waals surface area (Å²) < 4.78 is 31.6. The number of hydrogen-bond acceptors (Lipinski definition) is 5. The van der Waals surface area contributed by atoms with Crippen LogP contribution in [0.15, 0.2) is 47.4 Å². The van der Waals surface area contributed by atoms with Gasteiger partial charge in [0.05, 0.1) is 4.90 Å². The second-order valence-electron chi connectivity index (χ2n) is 6.17. The molecule has 144 valence electrons. The van der Waals surface area contributed by atoms with Gasteiger partial charge in [-0.1, -0.05) is 29.8 Å². The van der Waals surface area contributed by atoms with E-state index in [1.165, 1.54) is 6.07 Å². The minimum atomic E-state index is -3.85. The minimum Gasteiger partial charge on any atom is -0.455 e. The Hall–Kier alpha value is -2.71. The molecule has 2 N–H and O–H groups in total. The van der Waals surface area contributed by atoms with E-state index in [0.717, 1.165) is 11.1 Å². The zero-order chi connectivity index (χ0) is 20.0. The third-order valence-electron chi connectivity index (χ3n) is 3.74. The molecule has 1 amide bonds. The molecule has 2 rings (SSSR count). The van der Waals surface area contributed by atoms with Gasteiger partial charge in [-0.05, 0) is 50.1 Å². The van der Waals surface area contributed by atoms with E-state index in [4.69, 9.17) is 4.74 Å². The number of benzene rings is 2. The predicted octanol–water partition coefficient (Wildman–Crippen LogP) is 2.07. The van der Waals surface area contributed by atoms with E-state index in [-0.39, 0.29) is 4.90 Å². The van der Waals surface area contributed by atoms with Gasteiger partial charge in [-0.2, -0.15) is 4.72 Å². The Bertz CT molecular complexity index is 937. The zero-order valence-electron chi connectivity index (χ0n) is 15.4. The van der Waals surface area contributed by atoms with Gasteiger partial charge in [0.15, 0.2) is 6.61 Å². The number of amides is 1. The van der Waals surface area contributed by atoms with Crippen molar-refractivity contribution in [2.45, 2.75) is 25.7 Å². The SMILES string of the molecule is Cc1ccc(NC(=O)COC(=O)CNS(=O)(=O)c2cc(C)ccc2C)cc1. The second kappa shape index (κ2) is 8.79. The van der Waals surface area contributed by atoms with Gasteiger partial charge in [0.25, 0.3) is 5.91 Å². The van der Waals surface area contributed by atoms with Crippen molar-refractivity contribution in [2.75, 3.05) is 18.5 Å². The average molecular weight is 390 g/mol. The van der Waals surface area contributed by atoms with E-state index < -0.39 is 35.1 Å². The number of aryl methyl sites for hydroxylation is 3. The highest BCUT2D eigenvalue weighted by Gasteiger charge is 2.19. The number of nitrogens with one attached hydrogen (secondary N) is 2. The summed E-state index contributed by atoms with van der Waals surface area (Å²) in [5.74, 6) is -1.35. The summed E-state index contributed by atoms with van der Waals surface area (Å²) in [6.45, 7) is 4.30. The third kappa shape index (κ3) is 6.19. The molecule has 2 aromatic carbocycles. The fraction of sp³-hybridized carbons (Fsp3) is 0.263. The maximum atomic E-state index is 12.3. The predicted molar refractivity (Wildman–Crippen MR) is 102 cm³/mol. The lowest BCUT2D eigenvalue weighted by Crippen LogP contribution is -2.32.